The van der Waals surface area contributed by atoms with E-state index in [1.54, 1.807) is 31.2 Å². The Morgan fingerprint density at radius 1 is 1.15 bits per heavy atom. The molecule has 0 aliphatic carbocycles. The average molecular weight is 488 g/mol. The van der Waals surface area contributed by atoms with E-state index in [2.05, 4.69) is 5.32 Å². The van der Waals surface area contributed by atoms with Gasteiger partial charge in [-0.15, -0.1) is 0 Å². The summed E-state index contributed by atoms with van der Waals surface area (Å²) in [5.74, 6) is -1.07. The highest BCUT2D eigenvalue weighted by atomic mass is 31.1. The molecule has 2 atom stereocenters. The first-order chi connectivity index (χ1) is 15.9. The summed E-state index contributed by atoms with van der Waals surface area (Å²) in [5, 5.41) is 21.9. The molecule has 34 heavy (non-hydrogen) atoms. The molecule has 0 aliphatic rings. The van der Waals surface area contributed by atoms with E-state index in [-0.39, 0.29) is 32.3 Å². The zero-order chi connectivity index (χ0) is 25.6. The molecule has 184 valence electrons. The number of carbonyl (C=O) groups is 2. The van der Waals surface area contributed by atoms with Crippen LogP contribution in [0.3, 0.4) is 0 Å². The third kappa shape index (κ3) is 6.87. The van der Waals surface area contributed by atoms with Crippen molar-refractivity contribution in [2.45, 2.75) is 65.8 Å². The lowest BCUT2D eigenvalue weighted by Gasteiger charge is -2.20. The van der Waals surface area contributed by atoms with E-state index in [9.17, 15) is 24.4 Å². The van der Waals surface area contributed by atoms with Gasteiger partial charge in [-0.05, 0) is 86.4 Å². The maximum absolute atomic E-state index is 13.0. The Balaban J connectivity index is 2.32. The van der Waals surface area contributed by atoms with Crippen molar-refractivity contribution in [2.75, 3.05) is 6.61 Å². The van der Waals surface area contributed by atoms with E-state index in [0.717, 1.165) is 22.3 Å². The van der Waals surface area contributed by atoms with Gasteiger partial charge in [0.05, 0.1) is 12.2 Å². The van der Waals surface area contributed by atoms with Crippen LogP contribution in [0.2, 0.25) is 0 Å². The molecule has 2 aromatic rings. The SMILES string of the molecule is CCOC(=O)[C@@H](CC(C)C)NC(=O)c1cc(Cc2c(C)cc(C(C)(O)P=O)cc2C)ccc1O. The van der Waals surface area contributed by atoms with Crippen molar-refractivity contribution in [3.8, 4) is 5.75 Å². The minimum atomic E-state index is -1.47. The first-order valence-electron chi connectivity index (χ1n) is 11.4. The fourth-order valence-corrected chi connectivity index (χ4v) is 4.08. The lowest BCUT2D eigenvalue weighted by molar-refractivity contribution is -0.145. The third-order valence-electron chi connectivity index (χ3n) is 5.69. The van der Waals surface area contributed by atoms with Gasteiger partial charge in [0, 0.05) is 0 Å². The summed E-state index contributed by atoms with van der Waals surface area (Å²) in [7, 11) is -0.380. The van der Waals surface area contributed by atoms with E-state index in [1.165, 1.54) is 13.0 Å². The first-order valence-corrected chi connectivity index (χ1v) is 12.2. The van der Waals surface area contributed by atoms with E-state index in [1.807, 2.05) is 27.7 Å². The molecule has 0 heterocycles. The topological polar surface area (TPSA) is 113 Å². The van der Waals surface area contributed by atoms with Crippen LogP contribution in [-0.4, -0.2) is 34.7 Å². The Kier molecular flexibility index (Phi) is 9.37. The smallest absolute Gasteiger partial charge is 0.328 e. The number of ether oxygens (including phenoxy) is 1. The molecule has 3 N–H and O–H groups in total. The Labute approximate surface area is 202 Å². The fraction of sp³-hybridized carbons (Fsp3) is 0.462. The van der Waals surface area contributed by atoms with E-state index in [0.29, 0.717) is 18.4 Å². The minimum Gasteiger partial charge on any atom is -0.507 e. The van der Waals surface area contributed by atoms with Crippen LogP contribution in [0.5, 0.6) is 5.75 Å². The molecule has 7 nitrogen and oxygen atoms in total. The second-order valence-electron chi connectivity index (χ2n) is 9.14. The van der Waals surface area contributed by atoms with Crippen molar-refractivity contribution in [1.29, 1.82) is 0 Å². The number of rotatable bonds is 10. The van der Waals surface area contributed by atoms with Gasteiger partial charge in [0.15, 0.2) is 13.8 Å². The zero-order valence-corrected chi connectivity index (χ0v) is 21.5. The van der Waals surface area contributed by atoms with Crippen molar-refractivity contribution in [3.63, 3.8) is 0 Å². The molecule has 0 radical (unpaired) electrons. The van der Waals surface area contributed by atoms with Gasteiger partial charge < -0.3 is 20.3 Å². The first kappa shape index (κ1) is 27.5. The van der Waals surface area contributed by atoms with Crippen molar-refractivity contribution < 1.29 is 29.1 Å². The second kappa shape index (κ2) is 11.6. The number of phenols is 1. The summed E-state index contributed by atoms with van der Waals surface area (Å²) in [5.41, 5.74) is 4.27. The number of aryl methyl sites for hydroxylation is 2. The van der Waals surface area contributed by atoms with Crippen LogP contribution in [0.25, 0.3) is 0 Å². The number of phenolic OH excluding ortho intramolecular Hbond substituents is 1. The number of aromatic hydroxyl groups is 1. The van der Waals surface area contributed by atoms with Gasteiger partial charge in [0.2, 0.25) is 0 Å². The number of hydrogen-bond donors (Lipinski definition) is 3. The number of carbonyl (C=O) groups excluding carboxylic acids is 2. The highest BCUT2D eigenvalue weighted by Gasteiger charge is 2.26. The lowest BCUT2D eigenvalue weighted by Crippen LogP contribution is -2.42. The monoisotopic (exact) mass is 487 g/mol. The van der Waals surface area contributed by atoms with E-state index in [4.69, 9.17) is 4.74 Å². The van der Waals surface area contributed by atoms with Gasteiger partial charge in [-0.3, -0.25) is 9.36 Å². The van der Waals surface area contributed by atoms with Crippen molar-refractivity contribution >= 4 is 20.3 Å². The molecule has 1 amide bonds. The standard InChI is InChI=1S/C26H34NO6P/c1-7-33-25(30)22(10-15(2)3)27-24(29)21-14-18(8-9-23(21)28)13-20-16(4)11-19(12-17(20)5)26(6,31)34-32/h8-9,11-12,14-15,22,28,31H,7,10,13H2,1-6H3,(H,27,29)/t22-,26?/m1/s1. The predicted molar refractivity (Wildman–Crippen MR) is 131 cm³/mol. The van der Waals surface area contributed by atoms with Gasteiger partial charge in [-0.2, -0.15) is 0 Å². The molecule has 0 aliphatic heterocycles. The quantitative estimate of drug-likeness (QED) is 0.329. The molecular weight excluding hydrogens is 453 g/mol. The molecule has 0 saturated heterocycles. The highest BCUT2D eigenvalue weighted by molar-refractivity contribution is 7.25. The summed E-state index contributed by atoms with van der Waals surface area (Å²) in [6.45, 7) is 11.1. The molecule has 0 spiro atoms. The van der Waals surface area contributed by atoms with Crippen LogP contribution in [0.1, 0.15) is 72.3 Å². The molecule has 8 heteroatoms. The Bertz CT molecular complexity index is 1040. The van der Waals surface area contributed by atoms with Crippen LogP contribution in [-0.2, 0) is 25.9 Å². The van der Waals surface area contributed by atoms with Gasteiger partial charge in [-0.1, -0.05) is 32.0 Å². The van der Waals surface area contributed by atoms with Crippen molar-refractivity contribution in [2.24, 2.45) is 5.92 Å². The summed E-state index contributed by atoms with van der Waals surface area (Å²) in [6, 6.07) is 7.62. The summed E-state index contributed by atoms with van der Waals surface area (Å²) < 4.78 is 16.4. The Hall–Kier alpha value is -2.76. The third-order valence-corrected chi connectivity index (χ3v) is 6.30. The number of amides is 1. The lowest BCUT2D eigenvalue weighted by atomic mass is 9.92. The van der Waals surface area contributed by atoms with Crippen molar-refractivity contribution in [1.82, 2.24) is 5.32 Å². The normalized spacial score (nSPS) is 14.0. The van der Waals surface area contributed by atoms with Gasteiger partial charge in [-0.25, -0.2) is 4.79 Å². The predicted octanol–water partition coefficient (Wildman–Crippen LogP) is 4.76. The molecule has 0 saturated carbocycles. The molecule has 1 unspecified atom stereocenters. The number of benzene rings is 2. The van der Waals surface area contributed by atoms with Crippen LogP contribution >= 0.6 is 8.46 Å². The second-order valence-corrected chi connectivity index (χ2v) is 10.2. The summed E-state index contributed by atoms with van der Waals surface area (Å²) >= 11 is 0. The summed E-state index contributed by atoms with van der Waals surface area (Å²) in [6.07, 6.45) is 0.908. The maximum Gasteiger partial charge on any atom is 0.328 e. The molecular formula is C26H34NO6P. The molecule has 2 aromatic carbocycles. The van der Waals surface area contributed by atoms with Gasteiger partial charge in [0.1, 0.15) is 11.8 Å². The minimum absolute atomic E-state index is 0.0792. The summed E-state index contributed by atoms with van der Waals surface area (Å²) in [4.78, 5) is 25.3. The highest BCUT2D eigenvalue weighted by Crippen LogP contribution is 2.34. The van der Waals surface area contributed by atoms with Crippen LogP contribution in [0.15, 0.2) is 30.3 Å². The van der Waals surface area contributed by atoms with Crippen LogP contribution in [0.4, 0.5) is 0 Å². The van der Waals surface area contributed by atoms with E-state index < -0.39 is 23.3 Å². The van der Waals surface area contributed by atoms with Crippen LogP contribution < -0.4 is 5.32 Å². The number of hydrogen-bond acceptors (Lipinski definition) is 6. The molecule has 0 aromatic heterocycles. The maximum atomic E-state index is 13.0. The van der Waals surface area contributed by atoms with E-state index >= 15 is 0 Å². The number of nitrogens with one attached hydrogen (secondary N) is 1. The molecule has 0 bridgehead atoms. The molecule has 0 fully saturated rings. The zero-order valence-electron chi connectivity index (χ0n) is 20.6. The average Bonchev–Trinajstić information content (AvgIpc) is 2.76. The molecule has 2 rings (SSSR count). The van der Waals surface area contributed by atoms with Crippen LogP contribution in [0, 0.1) is 19.8 Å². The van der Waals surface area contributed by atoms with Gasteiger partial charge >= 0.3 is 5.97 Å². The Morgan fingerprint density at radius 3 is 2.29 bits per heavy atom. The fourth-order valence-electron chi connectivity index (χ4n) is 3.84. The Morgan fingerprint density at radius 2 is 1.76 bits per heavy atom. The van der Waals surface area contributed by atoms with Crippen molar-refractivity contribution in [3.05, 3.63) is 63.7 Å². The number of aliphatic hydroxyl groups is 1. The number of esters is 1. The largest absolute Gasteiger partial charge is 0.507 e. The van der Waals surface area contributed by atoms with Gasteiger partial charge in [0.25, 0.3) is 5.91 Å².